The molecule has 0 aromatic heterocycles. The smallest absolute Gasteiger partial charge is 0.148 e. The predicted octanol–water partition coefficient (Wildman–Crippen LogP) is 3.33. The van der Waals surface area contributed by atoms with Crippen LogP contribution in [-0.2, 0) is 9.84 Å². The number of alkyl halides is 1. The second kappa shape index (κ2) is 6.20. The summed E-state index contributed by atoms with van der Waals surface area (Å²) in [5.74, 6) is 0.836. The van der Waals surface area contributed by atoms with E-state index >= 15 is 0 Å². The Morgan fingerprint density at radius 1 is 1.41 bits per heavy atom. The van der Waals surface area contributed by atoms with E-state index in [-0.39, 0.29) is 10.6 Å². The van der Waals surface area contributed by atoms with Crippen LogP contribution in [0, 0.1) is 0 Å². The van der Waals surface area contributed by atoms with Crippen molar-refractivity contribution < 1.29 is 13.2 Å². The van der Waals surface area contributed by atoms with Crippen LogP contribution in [0.5, 0.6) is 5.75 Å². The summed E-state index contributed by atoms with van der Waals surface area (Å²) in [6.45, 7) is 2.51. The fraction of sp³-hybridized carbons (Fsp3) is 0.455. The van der Waals surface area contributed by atoms with E-state index in [4.69, 9.17) is 4.74 Å². The molecule has 0 heterocycles. The van der Waals surface area contributed by atoms with Crippen LogP contribution in [0.1, 0.15) is 17.3 Å². The summed E-state index contributed by atoms with van der Waals surface area (Å²) in [6.07, 6.45) is 1.23. The van der Waals surface area contributed by atoms with Crippen LogP contribution >= 0.6 is 31.9 Å². The summed E-state index contributed by atoms with van der Waals surface area (Å²) in [4.78, 5) is -0.204. The van der Waals surface area contributed by atoms with Crippen molar-refractivity contribution in [3.05, 3.63) is 28.2 Å². The highest BCUT2D eigenvalue weighted by Crippen LogP contribution is 2.32. The van der Waals surface area contributed by atoms with Crippen LogP contribution in [0.25, 0.3) is 0 Å². The Morgan fingerprint density at radius 3 is 2.53 bits per heavy atom. The van der Waals surface area contributed by atoms with Gasteiger partial charge in [0.15, 0.2) is 0 Å². The van der Waals surface area contributed by atoms with E-state index in [1.165, 1.54) is 6.26 Å². The molecule has 3 nitrogen and oxygen atoms in total. The highest BCUT2D eigenvalue weighted by atomic mass is 79.9. The molecule has 1 rings (SSSR count). The number of benzene rings is 1. The molecule has 0 aliphatic heterocycles. The zero-order valence-electron chi connectivity index (χ0n) is 9.61. The molecular formula is C11H14Br2O3S. The van der Waals surface area contributed by atoms with Gasteiger partial charge in [-0.25, -0.2) is 8.42 Å². The van der Waals surface area contributed by atoms with Gasteiger partial charge in [-0.2, -0.15) is 0 Å². The highest BCUT2D eigenvalue weighted by molar-refractivity contribution is 9.10. The van der Waals surface area contributed by atoms with Gasteiger partial charge in [-0.1, -0.05) is 22.0 Å². The summed E-state index contributed by atoms with van der Waals surface area (Å²) in [5, 5.41) is 0. The van der Waals surface area contributed by atoms with Gasteiger partial charge in [0.2, 0.25) is 0 Å². The minimum atomic E-state index is -3.00. The topological polar surface area (TPSA) is 43.4 Å². The lowest BCUT2D eigenvalue weighted by Gasteiger charge is -2.12. The van der Waals surface area contributed by atoms with Crippen molar-refractivity contribution in [3.63, 3.8) is 0 Å². The second-order valence-corrected chi connectivity index (χ2v) is 7.83. The normalized spacial score (nSPS) is 13.4. The van der Waals surface area contributed by atoms with Crippen LogP contribution in [0.3, 0.4) is 0 Å². The lowest BCUT2D eigenvalue weighted by Crippen LogP contribution is -2.08. The first kappa shape index (κ1) is 15.0. The van der Waals surface area contributed by atoms with Gasteiger partial charge < -0.3 is 4.74 Å². The van der Waals surface area contributed by atoms with Gasteiger partial charge in [0, 0.05) is 6.26 Å². The number of hydrogen-bond acceptors (Lipinski definition) is 3. The Balaban J connectivity index is 2.89. The first-order chi connectivity index (χ1) is 7.83. The molecule has 1 aromatic carbocycles. The van der Waals surface area contributed by atoms with E-state index in [0.29, 0.717) is 6.61 Å². The van der Waals surface area contributed by atoms with Gasteiger partial charge in [0.1, 0.15) is 15.6 Å². The SMILES string of the molecule is CCOc1ccc(C(Br)CS(C)(=O)=O)cc1Br. The molecule has 0 N–H and O–H groups in total. The maximum absolute atomic E-state index is 11.2. The highest BCUT2D eigenvalue weighted by Gasteiger charge is 2.15. The second-order valence-electron chi connectivity index (χ2n) is 3.68. The van der Waals surface area contributed by atoms with Crippen molar-refractivity contribution in [2.24, 2.45) is 0 Å². The summed E-state index contributed by atoms with van der Waals surface area (Å²) in [5.41, 5.74) is 0.908. The van der Waals surface area contributed by atoms with E-state index in [9.17, 15) is 8.42 Å². The third-order valence-corrected chi connectivity index (χ3v) is 4.91. The number of sulfone groups is 1. The Kier molecular flexibility index (Phi) is 5.47. The van der Waals surface area contributed by atoms with E-state index < -0.39 is 9.84 Å². The van der Waals surface area contributed by atoms with Crippen LogP contribution in [-0.4, -0.2) is 27.0 Å². The van der Waals surface area contributed by atoms with Crippen molar-refractivity contribution >= 4 is 41.7 Å². The minimum absolute atomic E-state index is 0.0768. The first-order valence-corrected chi connectivity index (χ1v) is 8.84. The maximum atomic E-state index is 11.2. The summed E-state index contributed by atoms with van der Waals surface area (Å²) in [7, 11) is -3.00. The minimum Gasteiger partial charge on any atom is -0.493 e. The molecule has 0 spiro atoms. The third-order valence-electron chi connectivity index (χ3n) is 2.07. The van der Waals surface area contributed by atoms with Gasteiger partial charge in [-0.3, -0.25) is 0 Å². The van der Waals surface area contributed by atoms with Crippen molar-refractivity contribution in [1.29, 1.82) is 0 Å². The largest absolute Gasteiger partial charge is 0.493 e. The Hall–Kier alpha value is -0.0700. The molecule has 6 heteroatoms. The average molecular weight is 386 g/mol. The fourth-order valence-electron chi connectivity index (χ4n) is 1.35. The molecule has 1 unspecified atom stereocenters. The van der Waals surface area contributed by atoms with Gasteiger partial charge in [0.05, 0.1) is 21.7 Å². The molecular weight excluding hydrogens is 372 g/mol. The van der Waals surface area contributed by atoms with Crippen LogP contribution in [0.4, 0.5) is 0 Å². The molecule has 0 aliphatic rings. The van der Waals surface area contributed by atoms with Gasteiger partial charge in [-0.15, -0.1) is 0 Å². The average Bonchev–Trinajstić information content (AvgIpc) is 2.18. The molecule has 0 bridgehead atoms. The maximum Gasteiger partial charge on any atom is 0.148 e. The number of rotatable bonds is 5. The third kappa shape index (κ3) is 4.97. The first-order valence-electron chi connectivity index (χ1n) is 5.07. The van der Waals surface area contributed by atoms with Gasteiger partial charge >= 0.3 is 0 Å². The molecule has 1 aromatic rings. The molecule has 0 aliphatic carbocycles. The molecule has 17 heavy (non-hydrogen) atoms. The number of hydrogen-bond donors (Lipinski definition) is 0. The Morgan fingerprint density at radius 2 is 2.06 bits per heavy atom. The molecule has 1 atom stereocenters. The molecule has 0 saturated heterocycles. The van der Waals surface area contributed by atoms with E-state index in [0.717, 1.165) is 15.8 Å². The molecule has 96 valence electrons. The molecule has 0 saturated carbocycles. The van der Waals surface area contributed by atoms with Crippen molar-refractivity contribution in [3.8, 4) is 5.75 Å². The standard InChI is InChI=1S/C11H14Br2O3S/c1-3-16-11-5-4-8(6-9(11)12)10(13)7-17(2,14)15/h4-6,10H,3,7H2,1-2H3. The fourth-order valence-corrected chi connectivity index (χ4v) is 4.31. The Labute approximate surface area is 119 Å². The quantitative estimate of drug-likeness (QED) is 0.730. The van der Waals surface area contributed by atoms with E-state index in [1.54, 1.807) is 0 Å². The summed E-state index contributed by atoms with van der Waals surface area (Å²) >= 11 is 6.78. The van der Waals surface area contributed by atoms with Crippen LogP contribution in [0.15, 0.2) is 22.7 Å². The molecule has 0 fully saturated rings. The zero-order valence-corrected chi connectivity index (χ0v) is 13.6. The monoisotopic (exact) mass is 384 g/mol. The lowest BCUT2D eigenvalue weighted by molar-refractivity contribution is 0.338. The Bertz CT molecular complexity index is 485. The predicted molar refractivity (Wildman–Crippen MR) is 76.7 cm³/mol. The molecule has 0 amide bonds. The van der Waals surface area contributed by atoms with Crippen molar-refractivity contribution in [1.82, 2.24) is 0 Å². The zero-order chi connectivity index (χ0) is 13.1. The summed E-state index contributed by atoms with van der Waals surface area (Å²) < 4.78 is 28.6. The lowest BCUT2D eigenvalue weighted by atomic mass is 10.2. The van der Waals surface area contributed by atoms with Gasteiger partial charge in [0.25, 0.3) is 0 Å². The van der Waals surface area contributed by atoms with Crippen molar-refractivity contribution in [2.45, 2.75) is 11.8 Å². The molecule has 0 radical (unpaired) electrons. The van der Waals surface area contributed by atoms with Crippen molar-refractivity contribution in [2.75, 3.05) is 18.6 Å². The van der Waals surface area contributed by atoms with Gasteiger partial charge in [-0.05, 0) is 40.5 Å². The van der Waals surface area contributed by atoms with E-state index in [1.807, 2.05) is 25.1 Å². The number of halogens is 2. The number of ether oxygens (including phenoxy) is 1. The van der Waals surface area contributed by atoms with Crippen LogP contribution in [0.2, 0.25) is 0 Å². The van der Waals surface area contributed by atoms with E-state index in [2.05, 4.69) is 31.9 Å². The summed E-state index contributed by atoms with van der Waals surface area (Å²) in [6, 6.07) is 5.56. The van der Waals surface area contributed by atoms with Crippen LogP contribution < -0.4 is 4.74 Å².